The first-order chi connectivity index (χ1) is 6.27. The van der Waals surface area contributed by atoms with Gasteiger partial charge in [-0.15, -0.1) is 0 Å². The van der Waals surface area contributed by atoms with Crippen LogP contribution in [0.4, 0.5) is 5.69 Å². The number of nitrogen functional groups attached to an aromatic ring is 1. The number of benzene rings is 1. The second kappa shape index (κ2) is 2.86. The Morgan fingerprint density at radius 1 is 1.23 bits per heavy atom. The van der Waals surface area contributed by atoms with E-state index in [2.05, 4.69) is 4.98 Å². The average molecular weight is 174 g/mol. The fourth-order valence-corrected chi connectivity index (χ4v) is 1.28. The van der Waals surface area contributed by atoms with E-state index in [4.69, 9.17) is 5.73 Å². The summed E-state index contributed by atoms with van der Waals surface area (Å²) in [5.74, 6) is 0.208. The molecule has 0 saturated heterocycles. The van der Waals surface area contributed by atoms with Crippen LogP contribution in [0.25, 0.3) is 11.1 Å². The molecule has 1 aromatic carbocycles. The third kappa shape index (κ3) is 1.36. The summed E-state index contributed by atoms with van der Waals surface area (Å²) in [7, 11) is 0. The molecule has 2 aromatic rings. The van der Waals surface area contributed by atoms with Gasteiger partial charge in [0.05, 0.1) is 0 Å². The molecule has 0 radical (unpaired) electrons. The second-order valence-corrected chi connectivity index (χ2v) is 2.88. The van der Waals surface area contributed by atoms with E-state index in [0.717, 1.165) is 11.1 Å². The summed E-state index contributed by atoms with van der Waals surface area (Å²) < 4.78 is 0. The molecule has 0 aliphatic heterocycles. The van der Waals surface area contributed by atoms with Crippen LogP contribution in [0.1, 0.15) is 0 Å². The van der Waals surface area contributed by atoms with E-state index >= 15 is 0 Å². The van der Waals surface area contributed by atoms with Gasteiger partial charge < -0.3 is 15.8 Å². The van der Waals surface area contributed by atoms with Crippen LogP contribution in [0, 0.1) is 0 Å². The molecule has 13 heavy (non-hydrogen) atoms. The number of hydrogen-bond acceptors (Lipinski definition) is 2. The third-order valence-electron chi connectivity index (χ3n) is 1.93. The van der Waals surface area contributed by atoms with Gasteiger partial charge in [0.2, 0.25) is 0 Å². The Balaban J connectivity index is 2.53. The van der Waals surface area contributed by atoms with Gasteiger partial charge in [0.15, 0.2) is 0 Å². The van der Waals surface area contributed by atoms with Gasteiger partial charge >= 0.3 is 0 Å². The van der Waals surface area contributed by atoms with Gasteiger partial charge in [0.1, 0.15) is 5.75 Å². The molecule has 3 heteroatoms. The summed E-state index contributed by atoms with van der Waals surface area (Å²) in [4.78, 5) is 2.93. The molecule has 1 heterocycles. The maximum atomic E-state index is 9.57. The topological polar surface area (TPSA) is 62.0 Å². The van der Waals surface area contributed by atoms with E-state index in [9.17, 15) is 5.11 Å². The lowest BCUT2D eigenvalue weighted by Crippen LogP contribution is -1.84. The molecule has 3 nitrogen and oxygen atoms in total. The van der Waals surface area contributed by atoms with E-state index in [1.54, 1.807) is 18.2 Å². The Bertz CT molecular complexity index is 407. The van der Waals surface area contributed by atoms with Crippen molar-refractivity contribution in [3.63, 3.8) is 0 Å². The zero-order valence-electron chi connectivity index (χ0n) is 6.99. The number of aromatic hydroxyl groups is 1. The van der Waals surface area contributed by atoms with Crippen molar-refractivity contribution in [3.8, 4) is 16.9 Å². The van der Waals surface area contributed by atoms with Gasteiger partial charge in [0.25, 0.3) is 0 Å². The number of hydrogen-bond donors (Lipinski definition) is 3. The molecule has 66 valence electrons. The molecule has 0 unspecified atom stereocenters. The van der Waals surface area contributed by atoms with E-state index in [1.807, 2.05) is 18.5 Å². The zero-order valence-corrected chi connectivity index (χ0v) is 6.99. The molecular weight excluding hydrogens is 164 g/mol. The fraction of sp³-hybridized carbons (Fsp3) is 0. The van der Waals surface area contributed by atoms with Crippen LogP contribution in [-0.4, -0.2) is 10.1 Å². The number of phenolic OH excluding ortho intramolecular Hbond substituents is 1. The predicted octanol–water partition coefficient (Wildman–Crippen LogP) is 1.97. The Labute approximate surface area is 75.8 Å². The Kier molecular flexibility index (Phi) is 1.70. The van der Waals surface area contributed by atoms with E-state index in [1.165, 1.54) is 0 Å². The van der Waals surface area contributed by atoms with Gasteiger partial charge in [-0.2, -0.15) is 0 Å². The van der Waals surface area contributed by atoms with Crippen molar-refractivity contribution in [2.45, 2.75) is 0 Å². The molecule has 1 aromatic heterocycles. The monoisotopic (exact) mass is 174 g/mol. The minimum Gasteiger partial charge on any atom is -0.507 e. The van der Waals surface area contributed by atoms with Crippen molar-refractivity contribution >= 4 is 5.69 Å². The van der Waals surface area contributed by atoms with Crippen molar-refractivity contribution in [1.82, 2.24) is 4.98 Å². The molecule has 2 rings (SSSR count). The van der Waals surface area contributed by atoms with Crippen molar-refractivity contribution in [2.24, 2.45) is 0 Å². The number of phenols is 1. The highest BCUT2D eigenvalue weighted by atomic mass is 16.3. The molecule has 0 aliphatic rings. The van der Waals surface area contributed by atoms with Crippen LogP contribution in [0.15, 0.2) is 36.7 Å². The van der Waals surface area contributed by atoms with Gasteiger partial charge in [-0.1, -0.05) is 0 Å². The van der Waals surface area contributed by atoms with Crippen molar-refractivity contribution < 1.29 is 5.11 Å². The van der Waals surface area contributed by atoms with E-state index < -0.39 is 0 Å². The first kappa shape index (κ1) is 7.73. The van der Waals surface area contributed by atoms with Crippen LogP contribution in [0.3, 0.4) is 0 Å². The van der Waals surface area contributed by atoms with Gasteiger partial charge in [-0.05, 0) is 18.2 Å². The maximum absolute atomic E-state index is 9.57. The fourth-order valence-electron chi connectivity index (χ4n) is 1.28. The molecule has 0 amide bonds. The normalized spacial score (nSPS) is 10.2. The highest BCUT2D eigenvalue weighted by Crippen LogP contribution is 2.29. The minimum atomic E-state index is 0.208. The number of H-pyrrole nitrogens is 1. The van der Waals surface area contributed by atoms with E-state index in [0.29, 0.717) is 5.69 Å². The summed E-state index contributed by atoms with van der Waals surface area (Å²) in [6.45, 7) is 0. The highest BCUT2D eigenvalue weighted by Gasteiger charge is 2.03. The molecule has 0 aliphatic carbocycles. The molecule has 0 atom stereocenters. The van der Waals surface area contributed by atoms with Gasteiger partial charge in [-0.3, -0.25) is 0 Å². The summed E-state index contributed by atoms with van der Waals surface area (Å²) >= 11 is 0. The minimum absolute atomic E-state index is 0.208. The quantitative estimate of drug-likeness (QED) is 0.579. The number of aromatic nitrogens is 1. The number of nitrogens with one attached hydrogen (secondary N) is 1. The smallest absolute Gasteiger partial charge is 0.125 e. The van der Waals surface area contributed by atoms with Gasteiger partial charge in [-0.25, -0.2) is 0 Å². The number of nitrogens with two attached hydrogens (primary N) is 1. The Morgan fingerprint density at radius 3 is 2.69 bits per heavy atom. The van der Waals surface area contributed by atoms with Crippen LogP contribution < -0.4 is 5.73 Å². The summed E-state index contributed by atoms with van der Waals surface area (Å²) in [5, 5.41) is 9.57. The zero-order chi connectivity index (χ0) is 9.26. The predicted molar refractivity (Wildman–Crippen MR) is 52.3 cm³/mol. The largest absolute Gasteiger partial charge is 0.507 e. The molecular formula is C10H10N2O. The maximum Gasteiger partial charge on any atom is 0.125 e. The standard InChI is InChI=1S/C10H10N2O/c11-8-1-2-9(10(13)5-8)7-3-4-12-6-7/h1-6,12-13H,11H2. The van der Waals surface area contributed by atoms with Crippen molar-refractivity contribution in [2.75, 3.05) is 5.73 Å². The third-order valence-corrected chi connectivity index (χ3v) is 1.93. The van der Waals surface area contributed by atoms with Crippen molar-refractivity contribution in [3.05, 3.63) is 36.7 Å². The summed E-state index contributed by atoms with van der Waals surface area (Å²) in [5.41, 5.74) is 7.82. The summed E-state index contributed by atoms with van der Waals surface area (Å²) in [6, 6.07) is 7.00. The Morgan fingerprint density at radius 2 is 2.08 bits per heavy atom. The number of anilines is 1. The van der Waals surface area contributed by atoms with Crippen molar-refractivity contribution in [1.29, 1.82) is 0 Å². The first-order valence-electron chi connectivity index (χ1n) is 3.99. The lowest BCUT2D eigenvalue weighted by molar-refractivity contribution is 0.477. The van der Waals surface area contributed by atoms with Crippen LogP contribution >= 0.6 is 0 Å². The number of rotatable bonds is 1. The van der Waals surface area contributed by atoms with Crippen LogP contribution in [0.5, 0.6) is 5.75 Å². The van der Waals surface area contributed by atoms with Gasteiger partial charge in [0, 0.05) is 35.3 Å². The lowest BCUT2D eigenvalue weighted by atomic mass is 10.1. The van der Waals surface area contributed by atoms with Crippen LogP contribution in [0.2, 0.25) is 0 Å². The number of aromatic amines is 1. The van der Waals surface area contributed by atoms with Crippen LogP contribution in [-0.2, 0) is 0 Å². The molecule has 0 bridgehead atoms. The molecule has 0 spiro atoms. The lowest BCUT2D eigenvalue weighted by Gasteiger charge is -2.02. The Hall–Kier alpha value is -1.90. The SMILES string of the molecule is Nc1ccc(-c2cc[nH]c2)c(O)c1. The average Bonchev–Trinajstić information content (AvgIpc) is 2.56. The first-order valence-corrected chi connectivity index (χ1v) is 3.99. The van der Waals surface area contributed by atoms with E-state index in [-0.39, 0.29) is 5.75 Å². The second-order valence-electron chi connectivity index (χ2n) is 2.88. The summed E-state index contributed by atoms with van der Waals surface area (Å²) in [6.07, 6.45) is 3.64. The molecule has 0 fully saturated rings. The molecule has 4 N–H and O–H groups in total. The molecule has 0 saturated carbocycles. The highest BCUT2D eigenvalue weighted by molar-refractivity contribution is 5.71.